The van der Waals surface area contributed by atoms with Crippen molar-refractivity contribution in [2.24, 2.45) is 0 Å². The summed E-state index contributed by atoms with van der Waals surface area (Å²) in [6.07, 6.45) is 3.81. The van der Waals surface area contributed by atoms with E-state index >= 15 is 0 Å². The standard InChI is InChI=1S/C16H22N2O4S/c19-16(12-13-6-5-11-22-13)17-14-7-1-2-8-15(14)23(20,21)18-9-3-4-10-18/h1-2,7-8,13H,3-6,9-12H2,(H,17,19)/t13-/m1/s1. The Labute approximate surface area is 136 Å². The van der Waals surface area contributed by atoms with E-state index in [4.69, 9.17) is 4.74 Å². The maximum atomic E-state index is 12.7. The largest absolute Gasteiger partial charge is 0.378 e. The van der Waals surface area contributed by atoms with E-state index in [1.165, 1.54) is 4.31 Å². The van der Waals surface area contributed by atoms with E-state index in [1.807, 2.05) is 0 Å². The van der Waals surface area contributed by atoms with Crippen LogP contribution in [0.3, 0.4) is 0 Å². The van der Waals surface area contributed by atoms with Gasteiger partial charge in [0.25, 0.3) is 0 Å². The van der Waals surface area contributed by atoms with Crippen molar-refractivity contribution in [3.63, 3.8) is 0 Å². The number of rotatable bonds is 5. The van der Waals surface area contributed by atoms with Gasteiger partial charge in [-0.05, 0) is 37.8 Å². The van der Waals surface area contributed by atoms with Crippen molar-refractivity contribution in [3.05, 3.63) is 24.3 Å². The first kappa shape index (κ1) is 16.4. The summed E-state index contributed by atoms with van der Waals surface area (Å²) in [5, 5.41) is 2.74. The molecular formula is C16H22N2O4S. The molecule has 2 aliphatic rings. The van der Waals surface area contributed by atoms with Gasteiger partial charge in [-0.15, -0.1) is 0 Å². The maximum absolute atomic E-state index is 12.7. The number of carbonyl (C=O) groups is 1. The van der Waals surface area contributed by atoms with E-state index < -0.39 is 10.0 Å². The number of benzene rings is 1. The third-order valence-electron chi connectivity index (χ3n) is 4.28. The molecule has 0 saturated carbocycles. The fourth-order valence-corrected chi connectivity index (χ4v) is 4.74. The Morgan fingerprint density at radius 1 is 1.22 bits per heavy atom. The predicted octanol–water partition coefficient (Wildman–Crippen LogP) is 1.98. The first-order valence-corrected chi connectivity index (χ1v) is 9.52. The average Bonchev–Trinajstić information content (AvgIpc) is 3.21. The van der Waals surface area contributed by atoms with E-state index in [2.05, 4.69) is 5.32 Å². The van der Waals surface area contributed by atoms with Crippen LogP contribution in [0.25, 0.3) is 0 Å². The van der Waals surface area contributed by atoms with Crippen LogP contribution in [0.4, 0.5) is 5.69 Å². The molecule has 6 nitrogen and oxygen atoms in total. The highest BCUT2D eigenvalue weighted by molar-refractivity contribution is 7.89. The second-order valence-electron chi connectivity index (χ2n) is 5.99. The number of para-hydroxylation sites is 1. The van der Waals surface area contributed by atoms with Gasteiger partial charge in [0.1, 0.15) is 4.90 Å². The lowest BCUT2D eigenvalue weighted by Gasteiger charge is -2.18. The highest BCUT2D eigenvalue weighted by Gasteiger charge is 2.29. The fraction of sp³-hybridized carbons (Fsp3) is 0.562. The molecule has 1 aromatic rings. The van der Waals surface area contributed by atoms with E-state index in [-0.39, 0.29) is 23.3 Å². The third kappa shape index (κ3) is 3.73. The molecule has 0 bridgehead atoms. The molecule has 3 rings (SSSR count). The smallest absolute Gasteiger partial charge is 0.245 e. The molecule has 1 N–H and O–H groups in total. The van der Waals surface area contributed by atoms with Crippen LogP contribution in [0.15, 0.2) is 29.2 Å². The molecule has 126 valence electrons. The summed E-state index contributed by atoms with van der Waals surface area (Å²) < 4.78 is 32.4. The summed E-state index contributed by atoms with van der Waals surface area (Å²) in [4.78, 5) is 12.3. The molecule has 0 aromatic heterocycles. The molecule has 1 aromatic carbocycles. The number of nitrogens with zero attached hydrogens (tertiary/aromatic N) is 1. The minimum atomic E-state index is -3.55. The SMILES string of the molecule is O=C(C[C@H]1CCCO1)Nc1ccccc1S(=O)(=O)N1CCCC1. The van der Waals surface area contributed by atoms with Crippen LogP contribution >= 0.6 is 0 Å². The summed E-state index contributed by atoms with van der Waals surface area (Å²) in [6, 6.07) is 6.59. The molecule has 2 saturated heterocycles. The Kier molecular flexibility index (Phi) is 4.99. The van der Waals surface area contributed by atoms with E-state index in [0.29, 0.717) is 25.4 Å². The maximum Gasteiger partial charge on any atom is 0.245 e. The highest BCUT2D eigenvalue weighted by Crippen LogP contribution is 2.27. The summed E-state index contributed by atoms with van der Waals surface area (Å²) in [6.45, 7) is 1.78. The molecule has 0 radical (unpaired) electrons. The molecule has 2 aliphatic heterocycles. The first-order valence-electron chi connectivity index (χ1n) is 8.08. The monoisotopic (exact) mass is 338 g/mol. The van der Waals surface area contributed by atoms with Gasteiger partial charge in [-0.25, -0.2) is 8.42 Å². The van der Waals surface area contributed by atoms with E-state index in [9.17, 15) is 13.2 Å². The van der Waals surface area contributed by atoms with E-state index in [0.717, 1.165) is 25.7 Å². The van der Waals surface area contributed by atoms with Crippen molar-refractivity contribution in [2.75, 3.05) is 25.0 Å². The number of anilines is 1. The number of sulfonamides is 1. The lowest BCUT2D eigenvalue weighted by molar-refractivity contribution is -0.118. The molecule has 0 aliphatic carbocycles. The number of amides is 1. The van der Waals surface area contributed by atoms with Gasteiger partial charge in [-0.1, -0.05) is 12.1 Å². The average molecular weight is 338 g/mol. The minimum absolute atomic E-state index is 0.0580. The molecule has 7 heteroatoms. The van der Waals surface area contributed by atoms with Crippen LogP contribution in [-0.4, -0.2) is 44.4 Å². The quantitative estimate of drug-likeness (QED) is 0.891. The zero-order chi connectivity index (χ0) is 16.3. The number of nitrogens with one attached hydrogen (secondary N) is 1. The number of hydrogen-bond acceptors (Lipinski definition) is 4. The fourth-order valence-electron chi connectivity index (χ4n) is 3.08. The summed E-state index contributed by atoms with van der Waals surface area (Å²) in [5.74, 6) is -0.207. The Hall–Kier alpha value is -1.44. The van der Waals surface area contributed by atoms with Crippen LogP contribution in [0, 0.1) is 0 Å². The van der Waals surface area contributed by atoms with Gasteiger partial charge in [0, 0.05) is 19.7 Å². The number of carbonyl (C=O) groups excluding carboxylic acids is 1. The summed E-state index contributed by atoms with van der Waals surface area (Å²) in [7, 11) is -3.55. The zero-order valence-electron chi connectivity index (χ0n) is 13.0. The molecule has 1 atom stereocenters. The van der Waals surface area contributed by atoms with Crippen molar-refractivity contribution < 1.29 is 17.9 Å². The van der Waals surface area contributed by atoms with Gasteiger partial charge < -0.3 is 10.1 Å². The molecule has 1 amide bonds. The lowest BCUT2D eigenvalue weighted by Crippen LogP contribution is -2.29. The second-order valence-corrected chi connectivity index (χ2v) is 7.90. The van der Waals surface area contributed by atoms with Crippen molar-refractivity contribution >= 4 is 21.6 Å². The zero-order valence-corrected chi connectivity index (χ0v) is 13.8. The molecular weight excluding hydrogens is 316 g/mol. The van der Waals surface area contributed by atoms with E-state index in [1.54, 1.807) is 24.3 Å². The van der Waals surface area contributed by atoms with Crippen LogP contribution in [0.2, 0.25) is 0 Å². The number of ether oxygens (including phenoxy) is 1. The number of hydrogen-bond donors (Lipinski definition) is 1. The van der Waals surface area contributed by atoms with Gasteiger partial charge in [0.15, 0.2) is 0 Å². The third-order valence-corrected chi connectivity index (χ3v) is 6.24. The molecule has 23 heavy (non-hydrogen) atoms. The van der Waals surface area contributed by atoms with Crippen molar-refractivity contribution in [1.29, 1.82) is 0 Å². The Morgan fingerprint density at radius 2 is 1.96 bits per heavy atom. The Bertz CT molecular complexity index is 662. The van der Waals surface area contributed by atoms with Gasteiger partial charge in [0.05, 0.1) is 18.2 Å². The van der Waals surface area contributed by atoms with Crippen LogP contribution in [0.1, 0.15) is 32.1 Å². The van der Waals surface area contributed by atoms with Crippen molar-refractivity contribution in [1.82, 2.24) is 4.31 Å². The van der Waals surface area contributed by atoms with Crippen molar-refractivity contribution in [2.45, 2.75) is 43.1 Å². The molecule has 2 heterocycles. The Morgan fingerprint density at radius 3 is 2.65 bits per heavy atom. The highest BCUT2D eigenvalue weighted by atomic mass is 32.2. The van der Waals surface area contributed by atoms with Gasteiger partial charge >= 0.3 is 0 Å². The van der Waals surface area contributed by atoms with Gasteiger partial charge in [-0.3, -0.25) is 4.79 Å². The van der Waals surface area contributed by atoms with Crippen molar-refractivity contribution in [3.8, 4) is 0 Å². The Balaban J connectivity index is 1.76. The van der Waals surface area contributed by atoms with Crippen LogP contribution in [-0.2, 0) is 19.6 Å². The predicted molar refractivity (Wildman–Crippen MR) is 86.7 cm³/mol. The molecule has 0 spiro atoms. The molecule has 0 unspecified atom stereocenters. The second kappa shape index (κ2) is 6.98. The first-order chi connectivity index (χ1) is 11.1. The summed E-state index contributed by atoms with van der Waals surface area (Å²) in [5.41, 5.74) is 0.349. The normalized spacial score (nSPS) is 22.3. The van der Waals surface area contributed by atoms with Gasteiger partial charge in [0.2, 0.25) is 15.9 Å². The van der Waals surface area contributed by atoms with Crippen LogP contribution < -0.4 is 5.32 Å². The van der Waals surface area contributed by atoms with Crippen LogP contribution in [0.5, 0.6) is 0 Å². The lowest BCUT2D eigenvalue weighted by atomic mass is 10.2. The minimum Gasteiger partial charge on any atom is -0.378 e. The summed E-state index contributed by atoms with van der Waals surface area (Å²) >= 11 is 0. The molecule has 2 fully saturated rings. The topological polar surface area (TPSA) is 75.7 Å². The van der Waals surface area contributed by atoms with Gasteiger partial charge in [-0.2, -0.15) is 4.31 Å².